The predicted octanol–water partition coefficient (Wildman–Crippen LogP) is 3.60. The molecule has 0 saturated heterocycles. The standard InChI is InChI=1S/C17H28N2/c1-4-14-7-10-16(19-12-14)11-17(18-3)15-8-5-13(2)6-9-15/h7,10,12-13,15,17-18H,4-6,8-9,11H2,1-3H3. The van der Waals surface area contributed by atoms with E-state index < -0.39 is 0 Å². The number of rotatable bonds is 5. The highest BCUT2D eigenvalue weighted by molar-refractivity contribution is 5.14. The molecule has 1 aliphatic carbocycles. The van der Waals surface area contributed by atoms with Crippen molar-refractivity contribution >= 4 is 0 Å². The normalized spacial score (nSPS) is 25.2. The zero-order valence-corrected chi connectivity index (χ0v) is 12.7. The lowest BCUT2D eigenvalue weighted by Gasteiger charge is -2.32. The van der Waals surface area contributed by atoms with Crippen LogP contribution in [0.2, 0.25) is 0 Å². The van der Waals surface area contributed by atoms with E-state index in [4.69, 9.17) is 0 Å². The first kappa shape index (κ1) is 14.5. The monoisotopic (exact) mass is 260 g/mol. The molecule has 1 fully saturated rings. The molecule has 1 aliphatic rings. The van der Waals surface area contributed by atoms with Gasteiger partial charge in [0.15, 0.2) is 0 Å². The molecular weight excluding hydrogens is 232 g/mol. The maximum absolute atomic E-state index is 4.61. The average molecular weight is 260 g/mol. The first-order valence-electron chi connectivity index (χ1n) is 7.84. The van der Waals surface area contributed by atoms with Crippen molar-refractivity contribution in [2.45, 2.75) is 58.4 Å². The molecule has 0 radical (unpaired) electrons. The van der Waals surface area contributed by atoms with Crippen molar-refractivity contribution in [3.8, 4) is 0 Å². The molecule has 0 spiro atoms. The number of aromatic nitrogens is 1. The second kappa shape index (κ2) is 7.04. The van der Waals surface area contributed by atoms with Crippen LogP contribution in [0.5, 0.6) is 0 Å². The van der Waals surface area contributed by atoms with E-state index in [0.29, 0.717) is 6.04 Å². The molecule has 0 aliphatic heterocycles. The lowest BCUT2D eigenvalue weighted by molar-refractivity contribution is 0.234. The number of nitrogens with one attached hydrogen (secondary N) is 1. The Morgan fingerprint density at radius 2 is 2.00 bits per heavy atom. The van der Waals surface area contributed by atoms with Crippen molar-refractivity contribution in [3.63, 3.8) is 0 Å². The van der Waals surface area contributed by atoms with Gasteiger partial charge in [0.05, 0.1) is 0 Å². The minimum atomic E-state index is 0.590. The van der Waals surface area contributed by atoms with Crippen LogP contribution in [0.3, 0.4) is 0 Å². The number of likely N-dealkylation sites (N-methyl/N-ethyl adjacent to an activating group) is 1. The molecule has 1 aromatic rings. The van der Waals surface area contributed by atoms with Gasteiger partial charge in [-0.05, 0) is 49.8 Å². The van der Waals surface area contributed by atoms with E-state index in [1.807, 2.05) is 6.20 Å². The highest BCUT2D eigenvalue weighted by Crippen LogP contribution is 2.31. The second-order valence-electron chi connectivity index (χ2n) is 6.13. The summed E-state index contributed by atoms with van der Waals surface area (Å²) in [7, 11) is 2.10. The molecule has 2 heteroatoms. The Morgan fingerprint density at radius 3 is 2.53 bits per heavy atom. The zero-order chi connectivity index (χ0) is 13.7. The molecule has 0 amide bonds. The minimum absolute atomic E-state index is 0.590. The molecule has 1 unspecified atom stereocenters. The summed E-state index contributed by atoms with van der Waals surface area (Å²) >= 11 is 0. The lowest BCUT2D eigenvalue weighted by Crippen LogP contribution is -2.37. The van der Waals surface area contributed by atoms with E-state index in [-0.39, 0.29) is 0 Å². The van der Waals surface area contributed by atoms with E-state index in [0.717, 1.165) is 24.7 Å². The van der Waals surface area contributed by atoms with Crippen molar-refractivity contribution in [2.24, 2.45) is 11.8 Å². The topological polar surface area (TPSA) is 24.9 Å². The molecule has 19 heavy (non-hydrogen) atoms. The van der Waals surface area contributed by atoms with Crippen LogP contribution in [0.4, 0.5) is 0 Å². The van der Waals surface area contributed by atoms with Gasteiger partial charge in [-0.15, -0.1) is 0 Å². The van der Waals surface area contributed by atoms with Gasteiger partial charge >= 0.3 is 0 Å². The molecule has 2 rings (SSSR count). The van der Waals surface area contributed by atoms with Crippen molar-refractivity contribution in [2.75, 3.05) is 7.05 Å². The number of pyridine rings is 1. The Bertz CT molecular complexity index is 363. The first-order chi connectivity index (χ1) is 9.22. The number of hydrogen-bond acceptors (Lipinski definition) is 2. The fourth-order valence-corrected chi connectivity index (χ4v) is 3.20. The van der Waals surface area contributed by atoms with Crippen LogP contribution in [-0.2, 0) is 12.8 Å². The fraction of sp³-hybridized carbons (Fsp3) is 0.706. The third kappa shape index (κ3) is 4.04. The van der Waals surface area contributed by atoms with Gasteiger partial charge in [-0.25, -0.2) is 0 Å². The van der Waals surface area contributed by atoms with Crippen LogP contribution in [0, 0.1) is 11.8 Å². The Kier molecular flexibility index (Phi) is 5.38. The van der Waals surface area contributed by atoms with Crippen LogP contribution in [0.1, 0.15) is 50.8 Å². The Morgan fingerprint density at radius 1 is 1.26 bits per heavy atom. The van der Waals surface area contributed by atoms with Crippen LogP contribution >= 0.6 is 0 Å². The summed E-state index contributed by atoms with van der Waals surface area (Å²) in [5.41, 5.74) is 2.56. The molecule has 1 atom stereocenters. The second-order valence-corrected chi connectivity index (χ2v) is 6.13. The molecule has 1 N–H and O–H groups in total. The molecule has 1 saturated carbocycles. The molecule has 1 heterocycles. The average Bonchev–Trinajstić information content (AvgIpc) is 2.46. The molecule has 0 bridgehead atoms. The molecular formula is C17H28N2. The Balaban J connectivity index is 1.94. The van der Waals surface area contributed by atoms with Crippen molar-refractivity contribution in [1.29, 1.82) is 0 Å². The lowest BCUT2D eigenvalue weighted by atomic mass is 9.78. The fourth-order valence-electron chi connectivity index (χ4n) is 3.20. The van der Waals surface area contributed by atoms with Gasteiger partial charge < -0.3 is 5.32 Å². The third-order valence-corrected chi connectivity index (χ3v) is 4.72. The summed E-state index contributed by atoms with van der Waals surface area (Å²) in [6, 6.07) is 5.01. The van der Waals surface area contributed by atoms with E-state index in [1.54, 1.807) is 0 Å². The summed E-state index contributed by atoms with van der Waals surface area (Å²) in [5, 5.41) is 3.52. The van der Waals surface area contributed by atoms with E-state index in [9.17, 15) is 0 Å². The van der Waals surface area contributed by atoms with Gasteiger partial charge in [0.25, 0.3) is 0 Å². The maximum atomic E-state index is 4.61. The maximum Gasteiger partial charge on any atom is 0.0419 e. The van der Waals surface area contributed by atoms with Crippen molar-refractivity contribution in [3.05, 3.63) is 29.6 Å². The highest BCUT2D eigenvalue weighted by Gasteiger charge is 2.25. The van der Waals surface area contributed by atoms with Gasteiger partial charge in [-0.1, -0.05) is 32.8 Å². The minimum Gasteiger partial charge on any atom is -0.316 e. The summed E-state index contributed by atoms with van der Waals surface area (Å²) in [6.45, 7) is 4.56. The highest BCUT2D eigenvalue weighted by atomic mass is 14.9. The quantitative estimate of drug-likeness (QED) is 0.875. The SMILES string of the molecule is CCc1ccc(CC(NC)C2CCC(C)CC2)nc1. The van der Waals surface area contributed by atoms with Crippen molar-refractivity contribution in [1.82, 2.24) is 10.3 Å². The van der Waals surface area contributed by atoms with Crippen molar-refractivity contribution < 1.29 is 0 Å². The van der Waals surface area contributed by atoms with Crippen LogP contribution in [-0.4, -0.2) is 18.1 Å². The molecule has 0 aromatic carbocycles. The van der Waals surface area contributed by atoms with Gasteiger partial charge in [0.1, 0.15) is 0 Å². The van der Waals surface area contributed by atoms with Crippen LogP contribution in [0.25, 0.3) is 0 Å². The van der Waals surface area contributed by atoms with Gasteiger partial charge in [0, 0.05) is 24.4 Å². The number of hydrogen-bond donors (Lipinski definition) is 1. The van der Waals surface area contributed by atoms with E-state index in [1.165, 1.54) is 36.9 Å². The van der Waals surface area contributed by atoms with Gasteiger partial charge in [0.2, 0.25) is 0 Å². The molecule has 2 nitrogen and oxygen atoms in total. The number of aryl methyl sites for hydroxylation is 1. The Labute approximate surface area is 118 Å². The zero-order valence-electron chi connectivity index (χ0n) is 12.7. The summed E-state index contributed by atoms with van der Waals surface area (Å²) < 4.78 is 0. The number of nitrogens with zero attached hydrogens (tertiary/aromatic N) is 1. The van der Waals surface area contributed by atoms with Gasteiger partial charge in [-0.3, -0.25) is 4.98 Å². The predicted molar refractivity (Wildman–Crippen MR) is 81.3 cm³/mol. The Hall–Kier alpha value is -0.890. The molecule has 1 aromatic heterocycles. The third-order valence-electron chi connectivity index (χ3n) is 4.72. The van der Waals surface area contributed by atoms with Crippen LogP contribution < -0.4 is 5.32 Å². The van der Waals surface area contributed by atoms with E-state index >= 15 is 0 Å². The molecule has 106 valence electrons. The summed E-state index contributed by atoms with van der Waals surface area (Å²) in [5.74, 6) is 1.75. The summed E-state index contributed by atoms with van der Waals surface area (Å²) in [6.07, 6.45) is 9.71. The smallest absolute Gasteiger partial charge is 0.0419 e. The first-order valence-corrected chi connectivity index (χ1v) is 7.84. The summed E-state index contributed by atoms with van der Waals surface area (Å²) in [4.78, 5) is 4.61. The largest absolute Gasteiger partial charge is 0.316 e. The van der Waals surface area contributed by atoms with E-state index in [2.05, 4.69) is 43.3 Å². The van der Waals surface area contributed by atoms with Crippen LogP contribution in [0.15, 0.2) is 18.3 Å². The van der Waals surface area contributed by atoms with Gasteiger partial charge in [-0.2, -0.15) is 0 Å².